The predicted octanol–water partition coefficient (Wildman–Crippen LogP) is 3.03. The van der Waals surface area contributed by atoms with E-state index < -0.39 is 0 Å². The molecule has 0 saturated heterocycles. The highest BCUT2D eigenvalue weighted by molar-refractivity contribution is 7.84. The van der Waals surface area contributed by atoms with E-state index >= 15 is 0 Å². The van der Waals surface area contributed by atoms with Crippen molar-refractivity contribution in [2.75, 3.05) is 6.54 Å². The molecule has 0 atom stereocenters. The molecule has 72 valence electrons. The number of hydrogen-bond acceptors (Lipinski definition) is 2. The van der Waals surface area contributed by atoms with Crippen LogP contribution in [0, 0.1) is 0 Å². The first kappa shape index (κ1) is 10.5. The second-order valence-electron chi connectivity index (χ2n) is 3.52. The van der Waals surface area contributed by atoms with Gasteiger partial charge in [0.15, 0.2) is 0 Å². The van der Waals surface area contributed by atoms with E-state index in [1.807, 2.05) is 6.92 Å². The third-order valence-corrected chi connectivity index (χ3v) is 2.82. The van der Waals surface area contributed by atoms with Crippen LogP contribution >= 0.6 is 12.6 Å². The molecule has 1 nitrogen and oxygen atoms in total. The van der Waals surface area contributed by atoms with Gasteiger partial charge in [0, 0.05) is 12.2 Å². The number of hydrogen-bond donors (Lipinski definition) is 2. The van der Waals surface area contributed by atoms with Gasteiger partial charge in [0.05, 0.1) is 0 Å². The summed E-state index contributed by atoms with van der Waals surface area (Å²) in [6, 6.07) is 0. The van der Waals surface area contributed by atoms with Crippen LogP contribution in [0.4, 0.5) is 0 Å². The van der Waals surface area contributed by atoms with E-state index in [1.54, 1.807) is 0 Å². The molecule has 0 amide bonds. The van der Waals surface area contributed by atoms with Crippen LogP contribution < -0.4 is 5.32 Å². The Morgan fingerprint density at radius 3 is 2.54 bits per heavy atom. The van der Waals surface area contributed by atoms with E-state index in [-0.39, 0.29) is 0 Å². The monoisotopic (exact) mass is 195 g/mol. The molecule has 1 aliphatic heterocycles. The van der Waals surface area contributed by atoms with Gasteiger partial charge in [-0.05, 0) is 43.2 Å². The van der Waals surface area contributed by atoms with Crippen molar-refractivity contribution < 1.29 is 0 Å². The maximum atomic E-state index is 4.36. The first-order valence-corrected chi connectivity index (χ1v) is 4.98. The molecule has 0 radical (unpaired) electrons. The summed E-state index contributed by atoms with van der Waals surface area (Å²) in [6.07, 6.45) is 1.10. The van der Waals surface area contributed by atoms with Crippen molar-refractivity contribution in [1.82, 2.24) is 5.32 Å². The minimum absolute atomic E-state index is 1.01. The van der Waals surface area contributed by atoms with E-state index in [2.05, 4.69) is 38.4 Å². The molecule has 1 N–H and O–H groups in total. The molecule has 0 fully saturated rings. The molecule has 13 heavy (non-hydrogen) atoms. The molecule has 0 aromatic heterocycles. The van der Waals surface area contributed by atoms with Gasteiger partial charge < -0.3 is 5.32 Å². The predicted molar refractivity (Wildman–Crippen MR) is 61.8 cm³/mol. The number of rotatable bonds is 1. The van der Waals surface area contributed by atoms with Crippen molar-refractivity contribution in [2.45, 2.75) is 27.2 Å². The molecule has 0 aliphatic carbocycles. The maximum absolute atomic E-state index is 4.36. The highest BCUT2D eigenvalue weighted by atomic mass is 32.1. The summed E-state index contributed by atoms with van der Waals surface area (Å²) in [5.74, 6) is 0. The summed E-state index contributed by atoms with van der Waals surface area (Å²) in [7, 11) is 0. The van der Waals surface area contributed by atoms with Gasteiger partial charge in [0.1, 0.15) is 0 Å². The average Bonchev–Trinajstić information content (AvgIpc) is 2.03. The Morgan fingerprint density at radius 1 is 1.46 bits per heavy atom. The van der Waals surface area contributed by atoms with Gasteiger partial charge in [0.2, 0.25) is 0 Å². The Hall–Kier alpha value is -0.630. The van der Waals surface area contributed by atoms with Crippen molar-refractivity contribution in [1.29, 1.82) is 0 Å². The van der Waals surface area contributed by atoms with Crippen LogP contribution in [0.3, 0.4) is 0 Å². The van der Waals surface area contributed by atoms with Crippen molar-refractivity contribution in [2.24, 2.45) is 0 Å². The lowest BCUT2D eigenvalue weighted by atomic mass is 9.94. The molecule has 1 rings (SSSR count). The molecule has 0 saturated carbocycles. The Kier molecular flexibility index (Phi) is 3.26. The standard InChI is InChI=1S/C11H17NS/c1-7-5-6-12-9(3)11(7)8(2)10(4)13/h12-13H,3,5-6H2,1-2,4H3/b10-8-. The van der Waals surface area contributed by atoms with Gasteiger partial charge in [0.25, 0.3) is 0 Å². The van der Waals surface area contributed by atoms with E-state index in [0.29, 0.717) is 0 Å². The second-order valence-corrected chi connectivity index (χ2v) is 4.19. The lowest BCUT2D eigenvalue weighted by Gasteiger charge is -2.23. The third kappa shape index (κ3) is 2.19. The van der Waals surface area contributed by atoms with Crippen molar-refractivity contribution in [3.8, 4) is 0 Å². The van der Waals surface area contributed by atoms with Gasteiger partial charge in [-0.15, -0.1) is 12.6 Å². The largest absolute Gasteiger partial charge is 0.385 e. The zero-order valence-corrected chi connectivity index (χ0v) is 9.46. The van der Waals surface area contributed by atoms with E-state index in [0.717, 1.165) is 23.6 Å². The zero-order valence-electron chi connectivity index (χ0n) is 8.57. The lowest BCUT2D eigenvalue weighted by molar-refractivity contribution is 0.749. The van der Waals surface area contributed by atoms with Crippen LogP contribution in [-0.4, -0.2) is 6.54 Å². The minimum atomic E-state index is 1.01. The molecule has 0 spiro atoms. The van der Waals surface area contributed by atoms with Gasteiger partial charge in [-0.25, -0.2) is 0 Å². The van der Waals surface area contributed by atoms with Crippen LogP contribution in [-0.2, 0) is 0 Å². The summed E-state index contributed by atoms with van der Waals surface area (Å²) in [5.41, 5.74) is 4.95. The smallest absolute Gasteiger partial charge is 0.0343 e. The summed E-state index contributed by atoms with van der Waals surface area (Å²) < 4.78 is 0. The normalized spacial score (nSPS) is 19.8. The van der Waals surface area contributed by atoms with Crippen LogP contribution in [0.25, 0.3) is 0 Å². The lowest BCUT2D eigenvalue weighted by Crippen LogP contribution is -2.22. The van der Waals surface area contributed by atoms with E-state index in [1.165, 1.54) is 16.7 Å². The molecular formula is C11H17NS. The topological polar surface area (TPSA) is 12.0 Å². The first-order valence-electron chi connectivity index (χ1n) is 4.53. The fraction of sp³-hybridized carbons (Fsp3) is 0.455. The summed E-state index contributed by atoms with van der Waals surface area (Å²) in [4.78, 5) is 1.07. The van der Waals surface area contributed by atoms with E-state index in [4.69, 9.17) is 0 Å². The van der Waals surface area contributed by atoms with E-state index in [9.17, 15) is 0 Å². The Balaban J connectivity index is 3.13. The number of thiol groups is 1. The molecule has 1 heterocycles. The third-order valence-electron chi connectivity index (χ3n) is 2.48. The maximum Gasteiger partial charge on any atom is 0.0343 e. The molecule has 0 bridgehead atoms. The van der Waals surface area contributed by atoms with Gasteiger partial charge in [-0.3, -0.25) is 0 Å². The highest BCUT2D eigenvalue weighted by Crippen LogP contribution is 2.28. The number of nitrogens with one attached hydrogen (secondary N) is 1. The SMILES string of the molecule is C=C1NCCC(C)=C1/C(C)=C(/C)S. The van der Waals surface area contributed by atoms with Crippen LogP contribution in [0.5, 0.6) is 0 Å². The van der Waals surface area contributed by atoms with Gasteiger partial charge in [-0.2, -0.15) is 0 Å². The van der Waals surface area contributed by atoms with Crippen LogP contribution in [0.15, 0.2) is 33.9 Å². The van der Waals surface area contributed by atoms with Gasteiger partial charge in [-0.1, -0.05) is 12.2 Å². The first-order chi connectivity index (χ1) is 6.04. The van der Waals surface area contributed by atoms with Crippen LogP contribution in [0.2, 0.25) is 0 Å². The Morgan fingerprint density at radius 2 is 2.08 bits per heavy atom. The average molecular weight is 195 g/mol. The zero-order chi connectivity index (χ0) is 10.0. The van der Waals surface area contributed by atoms with Crippen molar-refractivity contribution in [3.05, 3.63) is 33.9 Å². The molecular weight excluding hydrogens is 178 g/mol. The van der Waals surface area contributed by atoms with Crippen LogP contribution in [0.1, 0.15) is 27.2 Å². The minimum Gasteiger partial charge on any atom is -0.385 e. The highest BCUT2D eigenvalue weighted by Gasteiger charge is 2.14. The summed E-state index contributed by atoms with van der Waals surface area (Å²) >= 11 is 4.36. The van der Waals surface area contributed by atoms with Crippen molar-refractivity contribution >= 4 is 12.6 Å². The number of allylic oxidation sites excluding steroid dienone is 2. The molecule has 2 heteroatoms. The second kappa shape index (κ2) is 4.05. The van der Waals surface area contributed by atoms with Gasteiger partial charge >= 0.3 is 0 Å². The Bertz CT molecular complexity index is 293. The fourth-order valence-electron chi connectivity index (χ4n) is 1.60. The summed E-state index contributed by atoms with van der Waals surface area (Å²) in [5, 5.41) is 3.28. The quantitative estimate of drug-likeness (QED) is 0.613. The van der Waals surface area contributed by atoms with Crippen molar-refractivity contribution in [3.63, 3.8) is 0 Å². The Labute approximate surface area is 86.0 Å². The fourth-order valence-corrected chi connectivity index (χ4v) is 1.71. The molecule has 0 unspecified atom stereocenters. The molecule has 0 aromatic carbocycles. The molecule has 1 aliphatic rings. The molecule has 0 aromatic rings. The summed E-state index contributed by atoms with van der Waals surface area (Å²) in [6.45, 7) is 11.3.